The molecular weight excluding hydrogens is 354 g/mol. The van der Waals surface area contributed by atoms with E-state index >= 15 is 0 Å². The molecule has 0 radical (unpaired) electrons. The first-order valence-corrected chi connectivity index (χ1v) is 9.76. The smallest absolute Gasteiger partial charge is 0.359 e. The van der Waals surface area contributed by atoms with Gasteiger partial charge in [0.25, 0.3) is 0 Å². The number of benzene rings is 1. The molecule has 0 spiro atoms. The Balaban J connectivity index is 2.32. The Morgan fingerprint density at radius 3 is 2.36 bits per heavy atom. The molecule has 1 amide bonds. The topological polar surface area (TPSA) is 73.2 Å². The van der Waals surface area contributed by atoms with Crippen molar-refractivity contribution in [3.8, 4) is 0 Å². The molecule has 2 rings (SSSR count). The van der Waals surface area contributed by atoms with Gasteiger partial charge in [0.2, 0.25) is 5.91 Å². The molecule has 0 aliphatic rings. The predicted molar refractivity (Wildman–Crippen MR) is 110 cm³/mol. The summed E-state index contributed by atoms with van der Waals surface area (Å²) in [6.07, 6.45) is 2.22. The molecular formula is C22H31N3O3. The number of carbonyl (C=O) groups excluding carboxylic acids is 2. The summed E-state index contributed by atoms with van der Waals surface area (Å²) in [5.74, 6) is -0.439. The number of nitrogens with zero attached hydrogens (tertiary/aromatic N) is 2. The molecule has 1 aromatic heterocycles. The summed E-state index contributed by atoms with van der Waals surface area (Å²) < 4.78 is 7.29. The minimum absolute atomic E-state index is 0.187. The molecule has 0 aliphatic heterocycles. The summed E-state index contributed by atoms with van der Waals surface area (Å²) in [5, 5.41) is 2.85. The highest BCUT2D eigenvalue weighted by molar-refractivity contribution is 6.01. The Morgan fingerprint density at radius 2 is 1.82 bits per heavy atom. The van der Waals surface area contributed by atoms with Crippen molar-refractivity contribution in [3.05, 3.63) is 47.9 Å². The molecule has 1 N–H and O–H groups in total. The first-order chi connectivity index (χ1) is 13.1. The highest BCUT2D eigenvalue weighted by Crippen LogP contribution is 2.24. The largest absolute Gasteiger partial charge is 0.455 e. The molecule has 0 fully saturated rings. The maximum Gasteiger partial charge on any atom is 0.359 e. The Hall–Kier alpha value is -2.63. The summed E-state index contributed by atoms with van der Waals surface area (Å²) in [5.41, 5.74) is 0.573. The van der Waals surface area contributed by atoms with Crippen molar-refractivity contribution in [3.63, 3.8) is 0 Å². The van der Waals surface area contributed by atoms with E-state index in [4.69, 9.17) is 4.74 Å². The lowest BCUT2D eigenvalue weighted by molar-refractivity contribution is -0.117. The number of anilines is 1. The third kappa shape index (κ3) is 5.68. The average molecular weight is 386 g/mol. The zero-order valence-electron chi connectivity index (χ0n) is 17.7. The van der Waals surface area contributed by atoms with Crippen LogP contribution in [0.3, 0.4) is 0 Å². The SMILES string of the molecule is CCC(C(=O)Nc1ncn(CC(C)C)c1C(=O)OC(C)(C)C)c1ccccc1. The van der Waals surface area contributed by atoms with E-state index in [-0.39, 0.29) is 23.3 Å². The van der Waals surface area contributed by atoms with Gasteiger partial charge in [-0.15, -0.1) is 0 Å². The van der Waals surface area contributed by atoms with Gasteiger partial charge in [0.15, 0.2) is 11.5 Å². The molecule has 0 saturated carbocycles. The second kappa shape index (κ2) is 9.04. The molecule has 2 aromatic rings. The number of hydrogen-bond acceptors (Lipinski definition) is 4. The number of amides is 1. The molecule has 6 heteroatoms. The molecule has 0 saturated heterocycles. The molecule has 152 valence electrons. The lowest BCUT2D eigenvalue weighted by atomic mass is 9.96. The Morgan fingerprint density at radius 1 is 1.18 bits per heavy atom. The number of hydrogen-bond donors (Lipinski definition) is 1. The van der Waals surface area contributed by atoms with E-state index < -0.39 is 11.6 Å². The number of rotatable bonds is 7. The van der Waals surface area contributed by atoms with E-state index in [1.807, 2.05) is 58.0 Å². The first kappa shape index (κ1) is 21.7. The zero-order valence-corrected chi connectivity index (χ0v) is 17.7. The maximum atomic E-state index is 12.9. The Labute approximate surface area is 167 Å². The number of imidazole rings is 1. The standard InChI is InChI=1S/C22H31N3O3/c1-7-17(16-11-9-8-10-12-16)20(26)24-19-18(21(27)28-22(4,5)6)25(14-23-19)13-15(2)3/h8-12,14-15,17H,7,13H2,1-6H3,(H,24,26). The third-order valence-corrected chi connectivity index (χ3v) is 4.16. The quantitative estimate of drug-likeness (QED) is 0.706. The van der Waals surface area contributed by atoms with Crippen LogP contribution in [0.4, 0.5) is 5.82 Å². The second-order valence-corrected chi connectivity index (χ2v) is 8.35. The van der Waals surface area contributed by atoms with Crippen LogP contribution in [0.25, 0.3) is 0 Å². The van der Waals surface area contributed by atoms with Crippen molar-refractivity contribution < 1.29 is 14.3 Å². The molecule has 1 atom stereocenters. The minimum Gasteiger partial charge on any atom is -0.455 e. The molecule has 1 aromatic carbocycles. The van der Waals surface area contributed by atoms with Crippen LogP contribution in [-0.2, 0) is 16.1 Å². The van der Waals surface area contributed by atoms with Crippen LogP contribution in [0.2, 0.25) is 0 Å². The van der Waals surface area contributed by atoms with E-state index in [2.05, 4.69) is 24.1 Å². The fourth-order valence-corrected chi connectivity index (χ4v) is 3.01. The van der Waals surface area contributed by atoms with Gasteiger partial charge in [-0.25, -0.2) is 9.78 Å². The number of ether oxygens (including phenoxy) is 1. The van der Waals surface area contributed by atoms with Gasteiger partial charge in [0.1, 0.15) is 5.60 Å². The second-order valence-electron chi connectivity index (χ2n) is 8.35. The van der Waals surface area contributed by atoms with Crippen LogP contribution < -0.4 is 5.32 Å². The number of esters is 1. The minimum atomic E-state index is -0.638. The van der Waals surface area contributed by atoms with Crippen LogP contribution >= 0.6 is 0 Å². The fourth-order valence-electron chi connectivity index (χ4n) is 3.01. The van der Waals surface area contributed by atoms with Gasteiger partial charge in [0, 0.05) is 6.54 Å². The van der Waals surface area contributed by atoms with Crippen LogP contribution in [0.15, 0.2) is 36.7 Å². The van der Waals surface area contributed by atoms with Crippen LogP contribution in [0, 0.1) is 5.92 Å². The van der Waals surface area contributed by atoms with E-state index in [9.17, 15) is 9.59 Å². The summed E-state index contributed by atoms with van der Waals surface area (Å²) in [4.78, 5) is 30.0. The van der Waals surface area contributed by atoms with Crippen LogP contribution in [0.5, 0.6) is 0 Å². The van der Waals surface area contributed by atoms with Crippen molar-refractivity contribution in [1.82, 2.24) is 9.55 Å². The molecule has 6 nitrogen and oxygen atoms in total. The number of aromatic nitrogens is 2. The van der Waals surface area contributed by atoms with E-state index in [1.165, 1.54) is 0 Å². The van der Waals surface area contributed by atoms with Crippen LogP contribution in [0.1, 0.15) is 69.9 Å². The Bertz CT molecular complexity index is 804. The summed E-state index contributed by atoms with van der Waals surface area (Å²) in [6, 6.07) is 9.60. The number of nitrogens with one attached hydrogen (secondary N) is 1. The van der Waals surface area contributed by atoms with E-state index in [0.29, 0.717) is 18.9 Å². The number of carbonyl (C=O) groups is 2. The van der Waals surface area contributed by atoms with Gasteiger partial charge in [-0.2, -0.15) is 0 Å². The van der Waals surface area contributed by atoms with Gasteiger partial charge < -0.3 is 14.6 Å². The molecule has 1 heterocycles. The van der Waals surface area contributed by atoms with Gasteiger partial charge in [-0.1, -0.05) is 51.1 Å². The lowest BCUT2D eigenvalue weighted by Crippen LogP contribution is -2.28. The van der Waals surface area contributed by atoms with Gasteiger partial charge in [0.05, 0.1) is 12.2 Å². The van der Waals surface area contributed by atoms with E-state index in [1.54, 1.807) is 10.9 Å². The predicted octanol–water partition coefficient (Wildman–Crippen LogP) is 4.63. The van der Waals surface area contributed by atoms with Gasteiger partial charge in [-0.3, -0.25) is 4.79 Å². The molecule has 0 aliphatic carbocycles. The van der Waals surface area contributed by atoms with Crippen molar-refractivity contribution in [1.29, 1.82) is 0 Å². The highest BCUT2D eigenvalue weighted by atomic mass is 16.6. The van der Waals surface area contributed by atoms with Crippen molar-refractivity contribution in [2.75, 3.05) is 5.32 Å². The fraction of sp³-hybridized carbons (Fsp3) is 0.500. The Kier molecular flexibility index (Phi) is 7.00. The third-order valence-electron chi connectivity index (χ3n) is 4.16. The highest BCUT2D eigenvalue weighted by Gasteiger charge is 2.28. The average Bonchev–Trinajstić information content (AvgIpc) is 2.96. The van der Waals surface area contributed by atoms with Gasteiger partial charge in [-0.05, 0) is 38.7 Å². The van der Waals surface area contributed by atoms with Crippen LogP contribution in [-0.4, -0.2) is 27.0 Å². The summed E-state index contributed by atoms with van der Waals surface area (Å²) in [6.45, 7) is 12.1. The van der Waals surface area contributed by atoms with Crippen molar-refractivity contribution in [2.24, 2.45) is 5.92 Å². The maximum absolute atomic E-state index is 12.9. The zero-order chi connectivity index (χ0) is 20.9. The first-order valence-electron chi connectivity index (χ1n) is 9.76. The summed E-state index contributed by atoms with van der Waals surface area (Å²) >= 11 is 0. The molecule has 0 bridgehead atoms. The van der Waals surface area contributed by atoms with Crippen molar-refractivity contribution >= 4 is 17.7 Å². The lowest BCUT2D eigenvalue weighted by Gasteiger charge is -2.21. The van der Waals surface area contributed by atoms with Gasteiger partial charge >= 0.3 is 5.97 Å². The molecule has 28 heavy (non-hydrogen) atoms. The monoisotopic (exact) mass is 385 g/mol. The molecule has 1 unspecified atom stereocenters. The summed E-state index contributed by atoms with van der Waals surface area (Å²) in [7, 11) is 0. The normalized spacial score (nSPS) is 12.7. The van der Waals surface area contributed by atoms with E-state index in [0.717, 1.165) is 5.56 Å². The van der Waals surface area contributed by atoms with Crippen molar-refractivity contribution in [2.45, 2.75) is 66.0 Å².